The minimum atomic E-state index is -0.0914. The van der Waals surface area contributed by atoms with Crippen molar-refractivity contribution >= 4 is 23.3 Å². The van der Waals surface area contributed by atoms with Gasteiger partial charge in [-0.1, -0.05) is 25.6 Å². The van der Waals surface area contributed by atoms with Crippen molar-refractivity contribution in [3.63, 3.8) is 0 Å². The molecule has 80 valence electrons. The van der Waals surface area contributed by atoms with Gasteiger partial charge in [0.25, 0.3) is 0 Å². The molecule has 14 heavy (non-hydrogen) atoms. The van der Waals surface area contributed by atoms with Gasteiger partial charge in [0.15, 0.2) is 5.12 Å². The highest BCUT2D eigenvalue weighted by Crippen LogP contribution is 2.11. The van der Waals surface area contributed by atoms with Crippen LogP contribution in [0.4, 0.5) is 0 Å². The van der Waals surface area contributed by atoms with Gasteiger partial charge in [-0.05, 0) is 5.41 Å². The summed E-state index contributed by atoms with van der Waals surface area (Å²) >= 11 is 1.05. The summed E-state index contributed by atoms with van der Waals surface area (Å²) in [7, 11) is 0. The Morgan fingerprint density at radius 3 is 2.64 bits per heavy atom. The first-order valence-corrected chi connectivity index (χ1v) is 5.18. The molecule has 0 unspecified atom stereocenters. The number of aliphatic hydroxyl groups excluding tert-OH is 1. The number of rotatable bonds is 6. The number of carbonyl (C=O) groups excluding carboxylic acids is 2. The van der Waals surface area contributed by atoms with Crippen LogP contribution < -0.4 is 0 Å². The van der Waals surface area contributed by atoms with E-state index in [1.165, 1.54) is 11.1 Å². The predicted octanol–water partition coefficient (Wildman–Crippen LogP) is 0.824. The molecule has 0 saturated carbocycles. The Balaban J connectivity index is 3.90. The third kappa shape index (κ3) is 5.77. The summed E-state index contributed by atoms with van der Waals surface area (Å²) < 4.78 is 0. The van der Waals surface area contributed by atoms with Crippen LogP contribution in [0, 0.1) is 5.92 Å². The van der Waals surface area contributed by atoms with Gasteiger partial charge in [0, 0.05) is 18.7 Å². The molecule has 4 nitrogen and oxygen atoms in total. The first kappa shape index (κ1) is 13.2. The van der Waals surface area contributed by atoms with Crippen molar-refractivity contribution in [2.45, 2.75) is 13.8 Å². The van der Waals surface area contributed by atoms with Crippen LogP contribution in [-0.4, -0.2) is 34.7 Å². The van der Waals surface area contributed by atoms with E-state index in [0.29, 0.717) is 6.41 Å². The van der Waals surface area contributed by atoms with E-state index < -0.39 is 0 Å². The first-order chi connectivity index (χ1) is 6.61. The molecule has 0 aromatic carbocycles. The van der Waals surface area contributed by atoms with Gasteiger partial charge in [-0.2, -0.15) is 0 Å². The van der Waals surface area contributed by atoms with Crippen molar-refractivity contribution < 1.29 is 14.7 Å². The maximum Gasteiger partial charge on any atom is 0.213 e. The minimum Gasteiger partial charge on any atom is -0.395 e. The van der Waals surface area contributed by atoms with E-state index in [-0.39, 0.29) is 24.2 Å². The molecule has 0 atom stereocenters. The number of hydrogen-bond donors (Lipinski definition) is 1. The SMILES string of the molecule is CC(C)C(=O)SC=CN(C=O)CCO. The zero-order valence-corrected chi connectivity index (χ0v) is 9.16. The van der Waals surface area contributed by atoms with E-state index in [1.54, 1.807) is 5.41 Å². The molecule has 0 aliphatic carbocycles. The monoisotopic (exact) mass is 217 g/mol. The highest BCUT2D eigenvalue weighted by atomic mass is 32.2. The van der Waals surface area contributed by atoms with Crippen molar-refractivity contribution in [2.75, 3.05) is 13.2 Å². The second-order valence-corrected chi connectivity index (χ2v) is 3.85. The van der Waals surface area contributed by atoms with Crippen molar-refractivity contribution in [2.24, 2.45) is 5.92 Å². The Morgan fingerprint density at radius 1 is 1.57 bits per heavy atom. The molecular formula is C9H15NO3S. The molecule has 5 heteroatoms. The zero-order valence-electron chi connectivity index (χ0n) is 8.34. The molecule has 0 bridgehead atoms. The summed E-state index contributed by atoms with van der Waals surface area (Å²) in [4.78, 5) is 22.8. The summed E-state index contributed by atoms with van der Waals surface area (Å²) in [6, 6.07) is 0. The standard InChI is InChI=1S/C9H15NO3S/c1-8(2)9(13)14-6-4-10(7-12)3-5-11/h4,6-8,11H,3,5H2,1-2H3. The van der Waals surface area contributed by atoms with Gasteiger partial charge in [0.2, 0.25) is 6.41 Å². The maximum atomic E-state index is 11.1. The van der Waals surface area contributed by atoms with E-state index >= 15 is 0 Å². The third-order valence-electron chi connectivity index (χ3n) is 1.40. The van der Waals surface area contributed by atoms with E-state index in [2.05, 4.69) is 0 Å². The van der Waals surface area contributed by atoms with Crippen LogP contribution in [-0.2, 0) is 9.59 Å². The maximum absolute atomic E-state index is 11.1. The van der Waals surface area contributed by atoms with Crippen molar-refractivity contribution in [1.82, 2.24) is 4.90 Å². The predicted molar refractivity (Wildman–Crippen MR) is 56.4 cm³/mol. The minimum absolute atomic E-state index is 0.0211. The molecule has 0 spiro atoms. The average Bonchev–Trinajstić information content (AvgIpc) is 2.16. The van der Waals surface area contributed by atoms with Crippen LogP contribution in [0.2, 0.25) is 0 Å². The zero-order chi connectivity index (χ0) is 11.0. The molecule has 1 amide bonds. The lowest BCUT2D eigenvalue weighted by molar-refractivity contribution is -0.116. The first-order valence-electron chi connectivity index (χ1n) is 4.31. The largest absolute Gasteiger partial charge is 0.395 e. The number of aliphatic hydroxyl groups is 1. The normalized spacial score (nSPS) is 10.9. The van der Waals surface area contributed by atoms with Gasteiger partial charge >= 0.3 is 0 Å². The van der Waals surface area contributed by atoms with Crippen LogP contribution in [0.3, 0.4) is 0 Å². The van der Waals surface area contributed by atoms with E-state index in [4.69, 9.17) is 5.11 Å². The average molecular weight is 217 g/mol. The molecular weight excluding hydrogens is 202 g/mol. The van der Waals surface area contributed by atoms with Crippen molar-refractivity contribution in [3.05, 3.63) is 11.6 Å². The Bertz CT molecular complexity index is 216. The van der Waals surface area contributed by atoms with Crippen LogP contribution in [0.25, 0.3) is 0 Å². The molecule has 1 N–H and O–H groups in total. The van der Waals surface area contributed by atoms with Gasteiger partial charge in [0.05, 0.1) is 6.61 Å². The summed E-state index contributed by atoms with van der Waals surface area (Å²) in [5.41, 5.74) is 0. The fourth-order valence-corrected chi connectivity index (χ4v) is 1.21. The highest BCUT2D eigenvalue weighted by molar-refractivity contribution is 8.16. The van der Waals surface area contributed by atoms with Gasteiger partial charge in [-0.3, -0.25) is 9.59 Å². The van der Waals surface area contributed by atoms with Gasteiger partial charge in [-0.15, -0.1) is 0 Å². The Hall–Kier alpha value is -0.810. The number of hydrogen-bond acceptors (Lipinski definition) is 4. The van der Waals surface area contributed by atoms with Crippen molar-refractivity contribution in [1.29, 1.82) is 0 Å². The molecule has 0 fully saturated rings. The van der Waals surface area contributed by atoms with Crippen LogP contribution in [0.15, 0.2) is 11.6 Å². The van der Waals surface area contributed by atoms with E-state index in [0.717, 1.165) is 11.8 Å². The van der Waals surface area contributed by atoms with Gasteiger partial charge in [0.1, 0.15) is 0 Å². The Labute approximate surface area is 88.0 Å². The molecule has 0 aliphatic heterocycles. The quantitative estimate of drug-likeness (QED) is 0.669. The molecule has 0 saturated heterocycles. The Morgan fingerprint density at radius 2 is 2.21 bits per heavy atom. The molecule has 0 radical (unpaired) electrons. The Kier molecular flexibility index (Phi) is 7.14. The topological polar surface area (TPSA) is 57.6 Å². The molecule has 0 aliphatic rings. The lowest BCUT2D eigenvalue weighted by Gasteiger charge is -2.08. The van der Waals surface area contributed by atoms with E-state index in [1.807, 2.05) is 13.8 Å². The van der Waals surface area contributed by atoms with Crippen LogP contribution in [0.5, 0.6) is 0 Å². The molecule has 0 heterocycles. The summed E-state index contributed by atoms with van der Waals surface area (Å²) in [6.45, 7) is 3.78. The lowest BCUT2D eigenvalue weighted by atomic mass is 10.3. The number of carbonyl (C=O) groups is 2. The highest BCUT2D eigenvalue weighted by Gasteiger charge is 2.05. The molecule has 0 rings (SSSR count). The fourth-order valence-electron chi connectivity index (χ4n) is 0.590. The molecule has 0 aromatic heterocycles. The van der Waals surface area contributed by atoms with Gasteiger partial charge < -0.3 is 10.0 Å². The number of nitrogens with zero attached hydrogens (tertiary/aromatic N) is 1. The summed E-state index contributed by atoms with van der Waals surface area (Å²) in [6.07, 6.45) is 2.08. The third-order valence-corrected chi connectivity index (χ3v) is 2.36. The molecule has 0 aromatic rings. The van der Waals surface area contributed by atoms with Crippen LogP contribution in [0.1, 0.15) is 13.8 Å². The van der Waals surface area contributed by atoms with Gasteiger partial charge in [-0.25, -0.2) is 0 Å². The lowest BCUT2D eigenvalue weighted by Crippen LogP contribution is -2.18. The fraction of sp³-hybridized carbons (Fsp3) is 0.556. The van der Waals surface area contributed by atoms with Crippen molar-refractivity contribution in [3.8, 4) is 0 Å². The second-order valence-electron chi connectivity index (χ2n) is 2.94. The summed E-state index contributed by atoms with van der Waals surface area (Å²) in [5, 5.41) is 10.2. The summed E-state index contributed by atoms with van der Waals surface area (Å²) in [5.74, 6) is -0.0211. The number of amides is 1. The second kappa shape index (κ2) is 7.58. The van der Waals surface area contributed by atoms with Crippen LogP contribution >= 0.6 is 11.8 Å². The smallest absolute Gasteiger partial charge is 0.213 e. The van der Waals surface area contributed by atoms with E-state index in [9.17, 15) is 9.59 Å². The number of thioether (sulfide) groups is 1.